The summed E-state index contributed by atoms with van der Waals surface area (Å²) in [5.41, 5.74) is 0. The third-order valence-electron chi connectivity index (χ3n) is 9.64. The lowest BCUT2D eigenvalue weighted by Crippen LogP contribution is -2.64. The van der Waals surface area contributed by atoms with Crippen LogP contribution in [0.1, 0.15) is 168 Å². The third kappa shape index (κ3) is 23.8. The first kappa shape index (κ1) is 49.1. The second kappa shape index (κ2) is 31.3. The second-order valence-electron chi connectivity index (χ2n) is 14.5. The summed E-state index contributed by atoms with van der Waals surface area (Å²) < 4.78 is 33.9. The van der Waals surface area contributed by atoms with Gasteiger partial charge in [-0.2, -0.15) is 0 Å². The predicted octanol–water partition coefficient (Wildman–Crippen LogP) is 7.19. The number of hydrogen-bond donors (Lipinski definition) is 6. The molecule has 0 aromatic carbocycles. The molecule has 13 heteroatoms. The highest BCUT2D eigenvalue weighted by Crippen LogP contribution is 2.47. The molecule has 308 valence electrons. The summed E-state index contributed by atoms with van der Waals surface area (Å²) >= 11 is 0. The molecule has 0 aromatic heterocycles. The maximum atomic E-state index is 12.7. The predicted molar refractivity (Wildman–Crippen MR) is 203 cm³/mol. The Kier molecular flexibility index (Phi) is 29.6. The molecule has 0 spiro atoms. The van der Waals surface area contributed by atoms with Crippen molar-refractivity contribution in [1.82, 2.24) is 0 Å². The molecule has 0 bridgehead atoms. The van der Waals surface area contributed by atoms with E-state index in [2.05, 4.69) is 26.0 Å². The van der Waals surface area contributed by atoms with Gasteiger partial charge in [0.2, 0.25) is 0 Å². The zero-order valence-electron chi connectivity index (χ0n) is 32.4. The van der Waals surface area contributed by atoms with E-state index in [-0.39, 0.29) is 13.0 Å². The summed E-state index contributed by atoms with van der Waals surface area (Å²) in [5.74, 6) is -0.484. The van der Waals surface area contributed by atoms with Crippen LogP contribution in [0.5, 0.6) is 0 Å². The van der Waals surface area contributed by atoms with Crippen LogP contribution in [0.3, 0.4) is 0 Å². The first-order valence-electron chi connectivity index (χ1n) is 20.5. The Balaban J connectivity index is 2.36. The SMILES string of the molecule is CCCCCCCC/C=C\CCCCCCCCCCOCC(COP(=O)(O)OC1C(O)C(O)C(O)C(O)C1O)OC(=O)CCCCCCCCC. The molecule has 0 aromatic rings. The van der Waals surface area contributed by atoms with Gasteiger partial charge in [-0.3, -0.25) is 13.8 Å². The van der Waals surface area contributed by atoms with Crippen molar-refractivity contribution in [3.8, 4) is 0 Å². The van der Waals surface area contributed by atoms with E-state index < -0.39 is 63.1 Å². The van der Waals surface area contributed by atoms with Crippen LogP contribution in [0.15, 0.2) is 12.2 Å². The highest BCUT2D eigenvalue weighted by molar-refractivity contribution is 7.47. The fraction of sp³-hybridized carbons (Fsp3) is 0.923. The van der Waals surface area contributed by atoms with Gasteiger partial charge in [0.1, 0.15) is 42.7 Å². The minimum atomic E-state index is -5.00. The van der Waals surface area contributed by atoms with Crippen LogP contribution >= 0.6 is 7.82 Å². The normalized spacial score (nSPS) is 23.9. The molecule has 1 aliphatic rings. The van der Waals surface area contributed by atoms with Gasteiger partial charge in [0.25, 0.3) is 0 Å². The van der Waals surface area contributed by atoms with Gasteiger partial charge >= 0.3 is 13.8 Å². The zero-order chi connectivity index (χ0) is 38.5. The Labute approximate surface area is 314 Å². The van der Waals surface area contributed by atoms with Crippen molar-refractivity contribution in [1.29, 1.82) is 0 Å². The van der Waals surface area contributed by atoms with E-state index in [1.54, 1.807) is 0 Å². The Bertz CT molecular complexity index is 921. The molecule has 1 fully saturated rings. The van der Waals surface area contributed by atoms with Gasteiger partial charge in [-0.25, -0.2) is 4.57 Å². The van der Waals surface area contributed by atoms with Crippen molar-refractivity contribution >= 4 is 13.8 Å². The van der Waals surface area contributed by atoms with Crippen LogP contribution in [-0.4, -0.2) is 98.9 Å². The lowest BCUT2D eigenvalue weighted by Gasteiger charge is -2.41. The largest absolute Gasteiger partial charge is 0.472 e. The molecule has 0 heterocycles. The van der Waals surface area contributed by atoms with Crippen molar-refractivity contribution in [3.05, 3.63) is 12.2 Å². The summed E-state index contributed by atoms with van der Waals surface area (Å²) in [6, 6.07) is 0. The van der Waals surface area contributed by atoms with Crippen molar-refractivity contribution in [3.63, 3.8) is 0 Å². The second-order valence-corrected chi connectivity index (χ2v) is 15.9. The smallest absolute Gasteiger partial charge is 0.457 e. The first-order valence-corrected chi connectivity index (χ1v) is 22.0. The monoisotopic (exact) mass is 766 g/mol. The Morgan fingerprint density at radius 1 is 0.596 bits per heavy atom. The number of allylic oxidation sites excluding steroid dienone is 2. The van der Waals surface area contributed by atoms with E-state index in [0.29, 0.717) is 13.0 Å². The molecule has 0 radical (unpaired) electrons. The van der Waals surface area contributed by atoms with E-state index in [4.69, 9.17) is 18.5 Å². The molecule has 52 heavy (non-hydrogen) atoms. The number of esters is 1. The molecule has 0 saturated heterocycles. The van der Waals surface area contributed by atoms with Gasteiger partial charge < -0.3 is 39.9 Å². The summed E-state index contributed by atoms with van der Waals surface area (Å²) in [4.78, 5) is 22.9. The topological polar surface area (TPSA) is 192 Å². The number of hydrogen-bond acceptors (Lipinski definition) is 11. The number of aliphatic hydroxyl groups is 5. The molecular weight excluding hydrogens is 691 g/mol. The van der Waals surface area contributed by atoms with E-state index >= 15 is 0 Å². The highest BCUT2D eigenvalue weighted by Gasteiger charge is 2.51. The van der Waals surface area contributed by atoms with Gasteiger partial charge in [-0.1, -0.05) is 135 Å². The molecular formula is C39H75O12P. The van der Waals surface area contributed by atoms with Crippen LogP contribution < -0.4 is 0 Å². The van der Waals surface area contributed by atoms with Crippen LogP contribution in [0.25, 0.3) is 0 Å². The average Bonchev–Trinajstić information content (AvgIpc) is 3.12. The number of phosphoric acid groups is 1. The van der Waals surface area contributed by atoms with Gasteiger partial charge in [-0.05, 0) is 38.5 Å². The van der Waals surface area contributed by atoms with Crippen molar-refractivity contribution in [2.24, 2.45) is 0 Å². The van der Waals surface area contributed by atoms with Crippen LogP contribution in [0.2, 0.25) is 0 Å². The van der Waals surface area contributed by atoms with Gasteiger partial charge in [0.05, 0.1) is 13.2 Å². The standard InChI is InChI=1S/C39H75O12P/c1-3-5-7-9-11-12-13-14-15-16-17-18-19-20-21-23-25-27-29-48-30-32(50-33(40)28-26-24-22-10-8-6-4-2)31-49-52(46,47)51-39-37(44)35(42)34(41)36(43)38(39)45/h14-15,32,34-39,41-45H,3-13,16-31H2,1-2H3,(H,46,47)/b15-14-. The quantitative estimate of drug-likeness (QED) is 0.0167. The Morgan fingerprint density at radius 2 is 1.02 bits per heavy atom. The molecule has 0 amide bonds. The molecule has 12 nitrogen and oxygen atoms in total. The first-order chi connectivity index (χ1) is 25.0. The Morgan fingerprint density at radius 3 is 1.52 bits per heavy atom. The fourth-order valence-electron chi connectivity index (χ4n) is 6.29. The average molecular weight is 767 g/mol. The molecule has 6 unspecified atom stereocenters. The maximum absolute atomic E-state index is 12.7. The summed E-state index contributed by atoms with van der Waals surface area (Å²) in [7, 11) is -5.00. The van der Waals surface area contributed by atoms with Crippen molar-refractivity contribution < 1.29 is 58.3 Å². The maximum Gasteiger partial charge on any atom is 0.472 e. The van der Waals surface area contributed by atoms with Crippen LogP contribution in [-0.2, 0) is 27.9 Å². The van der Waals surface area contributed by atoms with Gasteiger partial charge in [0, 0.05) is 13.0 Å². The van der Waals surface area contributed by atoms with Gasteiger partial charge in [0.15, 0.2) is 0 Å². The van der Waals surface area contributed by atoms with E-state index in [9.17, 15) is 39.8 Å². The molecule has 6 N–H and O–H groups in total. The Hall–Kier alpha value is -0.920. The molecule has 6 atom stereocenters. The third-order valence-corrected chi connectivity index (χ3v) is 10.6. The number of rotatable bonds is 34. The highest BCUT2D eigenvalue weighted by atomic mass is 31.2. The minimum Gasteiger partial charge on any atom is -0.457 e. The summed E-state index contributed by atoms with van der Waals surface area (Å²) in [5, 5.41) is 49.9. The number of carbonyl (C=O) groups excluding carboxylic acids is 1. The number of unbranched alkanes of at least 4 members (excludes halogenated alkanes) is 20. The summed E-state index contributed by atoms with van der Waals surface area (Å²) in [6.45, 7) is 4.18. The number of phosphoric ester groups is 1. The van der Waals surface area contributed by atoms with E-state index in [1.165, 1.54) is 96.3 Å². The molecule has 1 aliphatic carbocycles. The van der Waals surface area contributed by atoms with Gasteiger partial charge in [-0.15, -0.1) is 0 Å². The molecule has 1 saturated carbocycles. The molecule has 0 aliphatic heterocycles. The van der Waals surface area contributed by atoms with Crippen LogP contribution in [0, 0.1) is 0 Å². The zero-order valence-corrected chi connectivity index (χ0v) is 33.3. The minimum absolute atomic E-state index is 0.0749. The lowest BCUT2D eigenvalue weighted by atomic mass is 9.85. The molecule has 1 rings (SSSR count). The van der Waals surface area contributed by atoms with Crippen molar-refractivity contribution in [2.45, 2.75) is 211 Å². The number of ether oxygens (including phenoxy) is 2. The number of carbonyl (C=O) groups is 1. The lowest BCUT2D eigenvalue weighted by molar-refractivity contribution is -0.220. The number of aliphatic hydroxyl groups excluding tert-OH is 5. The van der Waals surface area contributed by atoms with E-state index in [0.717, 1.165) is 44.9 Å². The van der Waals surface area contributed by atoms with Crippen molar-refractivity contribution in [2.75, 3.05) is 19.8 Å². The fourth-order valence-corrected chi connectivity index (χ4v) is 7.26. The van der Waals surface area contributed by atoms with Crippen LogP contribution in [0.4, 0.5) is 0 Å². The van der Waals surface area contributed by atoms with E-state index in [1.807, 2.05) is 0 Å². The summed E-state index contributed by atoms with van der Waals surface area (Å²) in [6.07, 6.45) is 18.9.